The van der Waals surface area contributed by atoms with Gasteiger partial charge in [-0.15, -0.1) is 0 Å². The van der Waals surface area contributed by atoms with Crippen LogP contribution in [0.5, 0.6) is 0 Å². The zero-order valence-corrected chi connectivity index (χ0v) is 15.3. The Morgan fingerprint density at radius 1 is 1.05 bits per heavy atom. The van der Waals surface area contributed by atoms with Gasteiger partial charge < -0.3 is 9.22 Å². The van der Waals surface area contributed by atoms with Crippen molar-refractivity contribution in [3.05, 3.63) is 12.2 Å². The van der Waals surface area contributed by atoms with E-state index >= 15 is 0 Å². The molecule has 3 aliphatic rings. The Bertz CT molecular complexity index is 420. The van der Waals surface area contributed by atoms with Crippen molar-refractivity contribution in [2.75, 3.05) is 27.7 Å². The second-order valence-corrected chi connectivity index (χ2v) is 9.73. The molecule has 126 valence electrons. The molecule has 1 saturated carbocycles. The smallest absolute Gasteiger partial charge is 0.0857 e. The first-order chi connectivity index (χ1) is 10.3. The van der Waals surface area contributed by atoms with Gasteiger partial charge in [0, 0.05) is 5.41 Å². The van der Waals surface area contributed by atoms with E-state index in [2.05, 4.69) is 47.1 Å². The Hall–Kier alpha value is -0.340. The van der Waals surface area contributed by atoms with Crippen molar-refractivity contribution in [1.82, 2.24) is 0 Å². The number of rotatable bonds is 3. The predicted octanol–water partition coefficient (Wildman–Crippen LogP) is 4.26. The van der Waals surface area contributed by atoms with Crippen LogP contribution in [0.4, 0.5) is 0 Å². The third kappa shape index (κ3) is 3.28. The second kappa shape index (κ2) is 5.94. The average molecular weight is 307 g/mol. The van der Waals surface area contributed by atoms with Gasteiger partial charge in [0.05, 0.1) is 39.9 Å². The number of hydrogen-bond acceptors (Lipinski definition) is 1. The van der Waals surface area contributed by atoms with E-state index in [0.717, 1.165) is 22.2 Å². The van der Waals surface area contributed by atoms with Gasteiger partial charge in [-0.05, 0) is 43.4 Å². The molecule has 2 heteroatoms. The summed E-state index contributed by atoms with van der Waals surface area (Å²) >= 11 is 0. The third-order valence-electron chi connectivity index (χ3n) is 6.13. The maximum absolute atomic E-state index is 6.83. The molecule has 1 aliphatic heterocycles. The molecule has 0 aromatic heterocycles. The number of hydrogen-bond donors (Lipinski definition) is 0. The van der Waals surface area contributed by atoms with Crippen LogP contribution in [0.15, 0.2) is 12.2 Å². The van der Waals surface area contributed by atoms with Crippen LogP contribution in [0.2, 0.25) is 0 Å². The molecule has 2 aliphatic carbocycles. The lowest BCUT2D eigenvalue weighted by atomic mass is 9.61. The lowest BCUT2D eigenvalue weighted by Gasteiger charge is -2.54. The Morgan fingerprint density at radius 2 is 1.77 bits per heavy atom. The number of allylic oxidation sites excluding steroid dienone is 2. The van der Waals surface area contributed by atoms with Crippen molar-refractivity contribution >= 4 is 0 Å². The molecule has 0 aromatic carbocycles. The van der Waals surface area contributed by atoms with Gasteiger partial charge in [-0.2, -0.15) is 0 Å². The van der Waals surface area contributed by atoms with E-state index < -0.39 is 0 Å². The zero-order valence-electron chi connectivity index (χ0n) is 15.3. The summed E-state index contributed by atoms with van der Waals surface area (Å²) in [5.41, 5.74) is 0.245. The Balaban J connectivity index is 1.85. The minimum absolute atomic E-state index is 0.245. The maximum Gasteiger partial charge on any atom is 0.0857 e. The first-order valence-corrected chi connectivity index (χ1v) is 9.40. The van der Waals surface area contributed by atoms with Crippen molar-refractivity contribution in [3.63, 3.8) is 0 Å². The molecular weight excluding hydrogens is 270 g/mol. The Morgan fingerprint density at radius 3 is 2.50 bits per heavy atom. The topological polar surface area (TPSA) is 9.23 Å². The van der Waals surface area contributed by atoms with Crippen LogP contribution in [0.3, 0.4) is 0 Å². The van der Waals surface area contributed by atoms with Crippen molar-refractivity contribution in [3.8, 4) is 0 Å². The Labute approximate surface area is 137 Å². The highest BCUT2D eigenvalue weighted by molar-refractivity contribution is 5.08. The molecule has 22 heavy (non-hydrogen) atoms. The monoisotopic (exact) mass is 306 g/mol. The molecule has 0 spiro atoms. The summed E-state index contributed by atoms with van der Waals surface area (Å²) in [6.45, 7) is 6.07. The quantitative estimate of drug-likeness (QED) is 0.559. The highest BCUT2D eigenvalue weighted by atomic mass is 16.5. The molecule has 0 bridgehead atoms. The summed E-state index contributed by atoms with van der Waals surface area (Å²) in [6, 6.07) is 0. The fourth-order valence-electron chi connectivity index (χ4n) is 5.79. The van der Waals surface area contributed by atoms with Crippen LogP contribution >= 0.6 is 0 Å². The largest absolute Gasteiger partial charge is 0.374 e. The molecule has 0 N–H and O–H groups in total. The third-order valence-corrected chi connectivity index (χ3v) is 6.13. The fraction of sp³-hybridized carbons (Fsp3) is 0.900. The molecule has 5 atom stereocenters. The molecule has 1 saturated heterocycles. The summed E-state index contributed by atoms with van der Waals surface area (Å²) in [5, 5.41) is 0. The highest BCUT2D eigenvalue weighted by Crippen LogP contribution is 2.50. The SMILES string of the molecule is CC(C)(C[N+](C)(C)C)[C@@H]1O[C@@H]2CCCC[C@@H]2[C@H]2C=CCC[C@@H]21. The van der Waals surface area contributed by atoms with Crippen LogP contribution < -0.4 is 0 Å². The molecule has 2 fully saturated rings. The minimum Gasteiger partial charge on any atom is -0.374 e. The van der Waals surface area contributed by atoms with Gasteiger partial charge in [-0.25, -0.2) is 0 Å². The van der Waals surface area contributed by atoms with Gasteiger partial charge in [-0.1, -0.05) is 38.8 Å². The highest BCUT2D eigenvalue weighted by Gasteiger charge is 2.51. The predicted molar refractivity (Wildman–Crippen MR) is 92.7 cm³/mol. The molecule has 0 radical (unpaired) electrons. The maximum atomic E-state index is 6.83. The zero-order chi connectivity index (χ0) is 16.0. The van der Waals surface area contributed by atoms with Crippen LogP contribution in [-0.2, 0) is 4.74 Å². The van der Waals surface area contributed by atoms with Crippen molar-refractivity contribution in [2.45, 2.75) is 64.6 Å². The number of ether oxygens (including phenoxy) is 1. The van der Waals surface area contributed by atoms with Gasteiger partial charge in [0.1, 0.15) is 0 Å². The lowest BCUT2D eigenvalue weighted by Crippen LogP contribution is -2.57. The van der Waals surface area contributed by atoms with Gasteiger partial charge in [0.15, 0.2) is 0 Å². The van der Waals surface area contributed by atoms with E-state index in [1.54, 1.807) is 0 Å². The van der Waals surface area contributed by atoms with Crippen molar-refractivity contribution < 1.29 is 9.22 Å². The summed E-state index contributed by atoms with van der Waals surface area (Å²) in [5.74, 6) is 2.32. The molecule has 2 nitrogen and oxygen atoms in total. The van der Waals surface area contributed by atoms with Crippen molar-refractivity contribution in [1.29, 1.82) is 0 Å². The van der Waals surface area contributed by atoms with Crippen LogP contribution in [-0.4, -0.2) is 44.4 Å². The van der Waals surface area contributed by atoms with E-state index in [1.165, 1.54) is 45.1 Å². The van der Waals surface area contributed by atoms with E-state index in [0.29, 0.717) is 12.2 Å². The van der Waals surface area contributed by atoms with E-state index in [4.69, 9.17) is 4.74 Å². The Kier molecular flexibility index (Phi) is 4.46. The molecular formula is C20H36NO+. The summed E-state index contributed by atoms with van der Waals surface area (Å²) in [4.78, 5) is 0. The summed E-state index contributed by atoms with van der Waals surface area (Å²) < 4.78 is 7.85. The fourth-order valence-corrected chi connectivity index (χ4v) is 5.79. The normalized spacial score (nSPS) is 39.2. The van der Waals surface area contributed by atoms with Gasteiger partial charge in [-0.3, -0.25) is 0 Å². The number of nitrogens with zero attached hydrogens (tertiary/aromatic N) is 1. The van der Waals surface area contributed by atoms with Crippen molar-refractivity contribution in [2.24, 2.45) is 23.2 Å². The molecule has 0 aromatic rings. The van der Waals surface area contributed by atoms with E-state index in [1.807, 2.05) is 0 Å². The summed E-state index contributed by atoms with van der Waals surface area (Å²) in [6.07, 6.45) is 14.0. The second-order valence-electron chi connectivity index (χ2n) is 9.73. The van der Waals surface area contributed by atoms with Crippen LogP contribution in [0.25, 0.3) is 0 Å². The standard InChI is InChI=1S/C20H36NO/c1-20(2,14-21(3,4)5)19-17-12-7-6-10-15(17)16-11-8-9-13-18(16)22-19/h6,10,15-19H,7-9,11-14H2,1-5H3/q+1/t15-,16-,17+,18-,19-/m1/s1. The van der Waals surface area contributed by atoms with Crippen LogP contribution in [0, 0.1) is 23.2 Å². The van der Waals surface area contributed by atoms with Gasteiger partial charge in [0.25, 0.3) is 0 Å². The van der Waals surface area contributed by atoms with Crippen LogP contribution in [0.1, 0.15) is 52.4 Å². The first-order valence-electron chi connectivity index (χ1n) is 9.40. The number of quaternary nitrogens is 1. The molecule has 0 amide bonds. The van der Waals surface area contributed by atoms with E-state index in [9.17, 15) is 0 Å². The molecule has 3 rings (SSSR count). The van der Waals surface area contributed by atoms with Gasteiger partial charge in [0.2, 0.25) is 0 Å². The average Bonchev–Trinajstić information content (AvgIpc) is 2.44. The minimum atomic E-state index is 0.245. The van der Waals surface area contributed by atoms with E-state index in [-0.39, 0.29) is 5.41 Å². The molecule has 0 unspecified atom stereocenters. The lowest BCUT2D eigenvalue weighted by molar-refractivity contribution is -0.877. The van der Waals surface area contributed by atoms with Gasteiger partial charge >= 0.3 is 0 Å². The first kappa shape index (κ1) is 16.5. The summed E-state index contributed by atoms with van der Waals surface area (Å²) in [7, 11) is 6.94. The molecule has 1 heterocycles. The number of fused-ring (bicyclic) bond motifs is 3.